The van der Waals surface area contributed by atoms with E-state index in [1.54, 1.807) is 0 Å². The zero-order valence-electron chi connectivity index (χ0n) is 2.48. The minimum Gasteiger partial charge on any atom is -0.271 e. The van der Waals surface area contributed by atoms with E-state index in [9.17, 15) is 4.39 Å². The van der Waals surface area contributed by atoms with Crippen LogP contribution in [0.3, 0.4) is 0 Å². The van der Waals surface area contributed by atoms with E-state index in [-0.39, 0.29) is 12.4 Å². The largest absolute Gasteiger partial charge is 0.271 e. The van der Waals surface area contributed by atoms with Crippen LogP contribution in [0.25, 0.3) is 0 Å². The molecule has 0 atom stereocenters. The average Bonchev–Trinajstić information content (AvgIpc) is 1.37. The number of halogens is 2. The first-order valence-corrected chi connectivity index (χ1v) is 0.792. The molecule has 34 valence electrons. The molecular formula is CH5ClFNO. The van der Waals surface area contributed by atoms with E-state index in [1.807, 2.05) is 0 Å². The first kappa shape index (κ1) is 8.94. The SMILES string of the molecule is Cl.NOCF. The molecule has 2 nitrogen and oxygen atoms in total. The third-order valence-corrected chi connectivity index (χ3v) is 0.0630. The van der Waals surface area contributed by atoms with Gasteiger partial charge in [0.25, 0.3) is 0 Å². The van der Waals surface area contributed by atoms with E-state index in [1.165, 1.54) is 0 Å². The van der Waals surface area contributed by atoms with E-state index in [4.69, 9.17) is 0 Å². The maximum Gasteiger partial charge on any atom is 0.207 e. The van der Waals surface area contributed by atoms with Crippen molar-refractivity contribution in [3.63, 3.8) is 0 Å². The van der Waals surface area contributed by atoms with Gasteiger partial charge in [0.15, 0.2) is 0 Å². The average molecular weight is 102 g/mol. The number of rotatable bonds is 1. The summed E-state index contributed by atoms with van der Waals surface area (Å²) >= 11 is 0. The van der Waals surface area contributed by atoms with Crippen LogP contribution in [0.2, 0.25) is 0 Å². The summed E-state index contributed by atoms with van der Waals surface area (Å²) in [7, 11) is 0. The highest BCUT2D eigenvalue weighted by Gasteiger charge is 1.56. The maximum absolute atomic E-state index is 10.4. The highest BCUT2D eigenvalue weighted by atomic mass is 35.5. The van der Waals surface area contributed by atoms with Crippen LogP contribution in [0.4, 0.5) is 4.39 Å². The van der Waals surface area contributed by atoms with Gasteiger partial charge in [-0.1, -0.05) is 0 Å². The molecule has 0 aromatic rings. The Balaban J connectivity index is 0. The summed E-state index contributed by atoms with van der Waals surface area (Å²) in [6.45, 7) is -0.903. The summed E-state index contributed by atoms with van der Waals surface area (Å²) in [6.07, 6.45) is 0. The monoisotopic (exact) mass is 101 g/mol. The molecule has 0 amide bonds. The Hall–Kier alpha value is 0.140. The van der Waals surface area contributed by atoms with Crippen LogP contribution in [-0.4, -0.2) is 6.86 Å². The van der Waals surface area contributed by atoms with Gasteiger partial charge in [-0.3, -0.25) is 4.84 Å². The summed E-state index contributed by atoms with van der Waals surface area (Å²) in [5.74, 6) is 4.15. The normalized spacial score (nSPS) is 6.00. The Morgan fingerprint density at radius 1 is 1.80 bits per heavy atom. The molecule has 0 aliphatic heterocycles. The summed E-state index contributed by atoms with van der Waals surface area (Å²) < 4.78 is 10.4. The zero-order chi connectivity index (χ0) is 3.41. The lowest BCUT2D eigenvalue weighted by molar-refractivity contribution is 0.0583. The Kier molecular flexibility index (Phi) is 15.9. The minimum absolute atomic E-state index is 0. The molecule has 4 heteroatoms. The molecule has 0 fully saturated rings. The lowest BCUT2D eigenvalue weighted by Crippen LogP contribution is -1.93. The van der Waals surface area contributed by atoms with E-state index in [2.05, 4.69) is 10.7 Å². The molecule has 0 saturated carbocycles. The van der Waals surface area contributed by atoms with Gasteiger partial charge in [-0.15, -0.1) is 12.4 Å². The summed E-state index contributed by atoms with van der Waals surface area (Å²) in [5, 5.41) is 0. The van der Waals surface area contributed by atoms with Crippen LogP contribution in [0.1, 0.15) is 0 Å². The quantitative estimate of drug-likeness (QED) is 0.480. The Morgan fingerprint density at radius 2 is 2.00 bits per heavy atom. The Morgan fingerprint density at radius 3 is 2.00 bits per heavy atom. The molecule has 0 radical (unpaired) electrons. The second-order valence-corrected chi connectivity index (χ2v) is 0.276. The first-order valence-electron chi connectivity index (χ1n) is 0.792. The van der Waals surface area contributed by atoms with E-state index in [0.29, 0.717) is 0 Å². The second kappa shape index (κ2) is 8.91. The van der Waals surface area contributed by atoms with Crippen molar-refractivity contribution in [2.75, 3.05) is 6.86 Å². The van der Waals surface area contributed by atoms with Gasteiger partial charge in [0.1, 0.15) is 0 Å². The highest BCUT2D eigenvalue weighted by molar-refractivity contribution is 5.85. The van der Waals surface area contributed by atoms with Crippen molar-refractivity contribution in [3.8, 4) is 0 Å². The third-order valence-electron chi connectivity index (χ3n) is 0.0630. The molecule has 0 aliphatic carbocycles. The minimum atomic E-state index is -0.903. The molecule has 0 bridgehead atoms. The lowest BCUT2D eigenvalue weighted by atomic mass is 11.6. The molecule has 0 spiro atoms. The van der Waals surface area contributed by atoms with Crippen LogP contribution in [0, 0.1) is 0 Å². The van der Waals surface area contributed by atoms with Gasteiger partial charge in [-0.2, -0.15) is 0 Å². The fourth-order valence-corrected chi connectivity index (χ4v) is 0. The summed E-state index contributed by atoms with van der Waals surface area (Å²) in [5.41, 5.74) is 0. The van der Waals surface area contributed by atoms with Crippen molar-refractivity contribution in [3.05, 3.63) is 0 Å². The van der Waals surface area contributed by atoms with Crippen molar-refractivity contribution in [2.24, 2.45) is 5.90 Å². The molecule has 0 aromatic carbocycles. The van der Waals surface area contributed by atoms with E-state index in [0.717, 1.165) is 0 Å². The third kappa shape index (κ3) is 14.6. The van der Waals surface area contributed by atoms with Crippen LogP contribution in [0.5, 0.6) is 0 Å². The fourth-order valence-electron chi connectivity index (χ4n) is 0. The molecule has 0 rings (SSSR count). The fraction of sp³-hybridized carbons (Fsp3) is 1.00. The van der Waals surface area contributed by atoms with Crippen LogP contribution < -0.4 is 5.90 Å². The number of hydrogen-bond donors (Lipinski definition) is 1. The Bertz CT molecular complexity index is 13.6. The molecule has 0 aliphatic rings. The van der Waals surface area contributed by atoms with Gasteiger partial charge in [0.05, 0.1) is 0 Å². The van der Waals surface area contributed by atoms with Crippen molar-refractivity contribution in [1.29, 1.82) is 0 Å². The smallest absolute Gasteiger partial charge is 0.207 e. The predicted molar refractivity (Wildman–Crippen MR) is 18.5 cm³/mol. The molecule has 0 aromatic heterocycles. The zero-order valence-corrected chi connectivity index (χ0v) is 3.30. The molecule has 5 heavy (non-hydrogen) atoms. The van der Waals surface area contributed by atoms with Crippen molar-refractivity contribution in [1.82, 2.24) is 0 Å². The summed E-state index contributed by atoms with van der Waals surface area (Å²) in [4.78, 5) is 3.38. The predicted octanol–water partition coefficient (Wildman–Crippen LogP) is 0.226. The number of alkyl halides is 1. The van der Waals surface area contributed by atoms with Gasteiger partial charge in [0, 0.05) is 0 Å². The highest BCUT2D eigenvalue weighted by Crippen LogP contribution is 1.53. The van der Waals surface area contributed by atoms with Gasteiger partial charge in [0.2, 0.25) is 6.86 Å². The number of nitrogens with two attached hydrogens (primary N) is 1. The number of hydrogen-bond acceptors (Lipinski definition) is 2. The Labute approximate surface area is 35.5 Å². The first-order chi connectivity index (χ1) is 1.91. The molecule has 0 heterocycles. The van der Waals surface area contributed by atoms with Crippen LogP contribution in [0.15, 0.2) is 0 Å². The van der Waals surface area contributed by atoms with E-state index < -0.39 is 6.86 Å². The molecule has 2 N–H and O–H groups in total. The van der Waals surface area contributed by atoms with Gasteiger partial charge in [-0.25, -0.2) is 10.3 Å². The molecular weight excluding hydrogens is 96.5 g/mol. The lowest BCUT2D eigenvalue weighted by Gasteiger charge is -1.72. The van der Waals surface area contributed by atoms with Gasteiger partial charge < -0.3 is 0 Å². The summed E-state index contributed by atoms with van der Waals surface area (Å²) in [6, 6.07) is 0. The maximum atomic E-state index is 10.4. The standard InChI is InChI=1S/CH4FNO.ClH/c2-1-4-3;/h1,3H2;1H. The van der Waals surface area contributed by atoms with Gasteiger partial charge >= 0.3 is 0 Å². The molecule has 0 saturated heterocycles. The molecule has 0 unspecified atom stereocenters. The van der Waals surface area contributed by atoms with Crippen LogP contribution >= 0.6 is 12.4 Å². The van der Waals surface area contributed by atoms with E-state index >= 15 is 0 Å². The topological polar surface area (TPSA) is 35.2 Å². The van der Waals surface area contributed by atoms with Crippen molar-refractivity contribution in [2.45, 2.75) is 0 Å². The van der Waals surface area contributed by atoms with Crippen molar-refractivity contribution >= 4 is 12.4 Å². The van der Waals surface area contributed by atoms with Crippen LogP contribution in [-0.2, 0) is 4.84 Å². The second-order valence-electron chi connectivity index (χ2n) is 0.276. The van der Waals surface area contributed by atoms with Gasteiger partial charge in [-0.05, 0) is 0 Å². The van der Waals surface area contributed by atoms with Crippen molar-refractivity contribution < 1.29 is 9.23 Å².